The van der Waals surface area contributed by atoms with Crippen molar-refractivity contribution in [2.75, 3.05) is 32.7 Å². The van der Waals surface area contributed by atoms with E-state index in [9.17, 15) is 4.79 Å². The Labute approximate surface area is 131 Å². The highest BCUT2D eigenvalue weighted by Crippen LogP contribution is 2.22. The van der Waals surface area contributed by atoms with E-state index in [-0.39, 0.29) is 5.91 Å². The molecule has 1 aliphatic heterocycles. The first-order valence-electron chi connectivity index (χ1n) is 8.55. The fraction of sp³-hybridized carbons (Fsp3) is 0.941. The summed E-state index contributed by atoms with van der Waals surface area (Å²) in [5.74, 6) is 2.02. The minimum Gasteiger partial charge on any atom is -0.341 e. The topological polar surface area (TPSA) is 49.6 Å². The molecule has 1 aliphatic rings. The number of rotatable bonds is 7. The van der Waals surface area contributed by atoms with Crippen LogP contribution >= 0.6 is 0 Å². The minimum absolute atomic E-state index is 0.269. The fourth-order valence-corrected chi connectivity index (χ4v) is 3.19. The fourth-order valence-electron chi connectivity index (χ4n) is 3.19. The van der Waals surface area contributed by atoms with Gasteiger partial charge in [-0.25, -0.2) is 0 Å². The molecule has 0 aliphatic carbocycles. The Morgan fingerprint density at radius 3 is 2.29 bits per heavy atom. The molecule has 0 spiro atoms. The molecule has 0 bridgehead atoms. The minimum atomic E-state index is 0.269. The Morgan fingerprint density at radius 1 is 1.24 bits per heavy atom. The largest absolute Gasteiger partial charge is 0.341 e. The van der Waals surface area contributed by atoms with Crippen LogP contribution in [0.4, 0.5) is 0 Å². The Morgan fingerprint density at radius 2 is 1.81 bits per heavy atom. The standard InChI is InChI=1S/C17H35N3O/c1-13(2)10-20(11-14(3)4)17(21)12-19-7-6-15(5)8-16(19)9-18/h13-16H,6-12,18H2,1-5H3. The summed E-state index contributed by atoms with van der Waals surface area (Å²) in [6.45, 7) is 14.9. The lowest BCUT2D eigenvalue weighted by Gasteiger charge is -2.39. The predicted octanol–water partition coefficient (Wildman–Crippen LogP) is 2.19. The van der Waals surface area contributed by atoms with Gasteiger partial charge < -0.3 is 10.6 Å². The molecule has 1 heterocycles. The van der Waals surface area contributed by atoms with Gasteiger partial charge in [-0.2, -0.15) is 0 Å². The van der Waals surface area contributed by atoms with Crippen LogP contribution in [0, 0.1) is 17.8 Å². The zero-order valence-electron chi connectivity index (χ0n) is 14.6. The smallest absolute Gasteiger partial charge is 0.236 e. The molecule has 1 fully saturated rings. The van der Waals surface area contributed by atoms with E-state index in [2.05, 4.69) is 39.5 Å². The second-order valence-corrected chi connectivity index (χ2v) is 7.58. The molecule has 0 radical (unpaired) electrons. The van der Waals surface area contributed by atoms with Gasteiger partial charge in [-0.1, -0.05) is 34.6 Å². The summed E-state index contributed by atoms with van der Waals surface area (Å²) in [6.07, 6.45) is 2.30. The summed E-state index contributed by atoms with van der Waals surface area (Å²) in [5.41, 5.74) is 5.90. The Hall–Kier alpha value is -0.610. The first-order valence-corrected chi connectivity index (χ1v) is 8.55. The van der Waals surface area contributed by atoms with Crippen LogP contribution in [0.2, 0.25) is 0 Å². The number of likely N-dealkylation sites (tertiary alicyclic amines) is 1. The van der Waals surface area contributed by atoms with Crippen LogP contribution < -0.4 is 5.73 Å². The number of hydrogen-bond acceptors (Lipinski definition) is 3. The summed E-state index contributed by atoms with van der Waals surface area (Å²) < 4.78 is 0. The van der Waals surface area contributed by atoms with Crippen molar-refractivity contribution in [3.63, 3.8) is 0 Å². The van der Waals surface area contributed by atoms with Crippen LogP contribution in [0.3, 0.4) is 0 Å². The van der Waals surface area contributed by atoms with Crippen molar-refractivity contribution in [1.29, 1.82) is 0 Å². The second kappa shape index (κ2) is 8.74. The summed E-state index contributed by atoms with van der Waals surface area (Å²) in [4.78, 5) is 17.0. The molecule has 0 saturated carbocycles. The number of hydrogen-bond donors (Lipinski definition) is 1. The van der Waals surface area contributed by atoms with E-state index < -0.39 is 0 Å². The lowest BCUT2D eigenvalue weighted by molar-refractivity contribution is -0.134. The van der Waals surface area contributed by atoms with Crippen molar-refractivity contribution in [2.24, 2.45) is 23.5 Å². The van der Waals surface area contributed by atoms with Gasteiger partial charge in [0.05, 0.1) is 6.54 Å². The van der Waals surface area contributed by atoms with Gasteiger partial charge in [0.25, 0.3) is 0 Å². The molecule has 4 nitrogen and oxygen atoms in total. The number of carbonyl (C=O) groups is 1. The number of piperidine rings is 1. The van der Waals surface area contributed by atoms with E-state index in [1.54, 1.807) is 0 Å². The molecule has 1 rings (SSSR count). The summed E-state index contributed by atoms with van der Waals surface area (Å²) in [5, 5.41) is 0. The third kappa shape index (κ3) is 6.35. The van der Waals surface area contributed by atoms with Gasteiger partial charge in [-0.3, -0.25) is 9.69 Å². The maximum atomic E-state index is 12.7. The summed E-state index contributed by atoms with van der Waals surface area (Å²) in [6, 6.07) is 0.373. The van der Waals surface area contributed by atoms with Crippen LogP contribution in [-0.2, 0) is 4.79 Å². The van der Waals surface area contributed by atoms with Crippen molar-refractivity contribution in [2.45, 2.75) is 53.5 Å². The highest BCUT2D eigenvalue weighted by Gasteiger charge is 2.28. The van der Waals surface area contributed by atoms with Crippen LogP contribution in [-0.4, -0.2) is 54.5 Å². The molecule has 2 unspecified atom stereocenters. The van der Waals surface area contributed by atoms with E-state index >= 15 is 0 Å². The van der Waals surface area contributed by atoms with Crippen LogP contribution in [0.25, 0.3) is 0 Å². The zero-order chi connectivity index (χ0) is 16.0. The Balaban J connectivity index is 2.62. The lowest BCUT2D eigenvalue weighted by atomic mass is 9.92. The highest BCUT2D eigenvalue weighted by atomic mass is 16.2. The molecular formula is C17H35N3O. The highest BCUT2D eigenvalue weighted by molar-refractivity contribution is 5.78. The maximum absolute atomic E-state index is 12.7. The number of carbonyl (C=O) groups excluding carboxylic acids is 1. The van der Waals surface area contributed by atoms with Crippen LogP contribution in [0.1, 0.15) is 47.5 Å². The normalized spacial score (nSPS) is 23.8. The van der Waals surface area contributed by atoms with E-state index in [1.807, 2.05) is 4.90 Å². The monoisotopic (exact) mass is 297 g/mol. The number of nitrogens with zero attached hydrogens (tertiary/aromatic N) is 2. The summed E-state index contributed by atoms with van der Waals surface area (Å²) in [7, 11) is 0. The molecule has 0 aromatic carbocycles. The SMILES string of the molecule is CC(C)CN(CC(C)C)C(=O)CN1CCC(C)CC1CN. The predicted molar refractivity (Wildman–Crippen MR) is 89.1 cm³/mol. The first-order chi connectivity index (χ1) is 9.83. The van der Waals surface area contributed by atoms with E-state index in [1.165, 1.54) is 6.42 Å². The van der Waals surface area contributed by atoms with Crippen molar-refractivity contribution in [1.82, 2.24) is 9.80 Å². The number of nitrogens with two attached hydrogens (primary N) is 1. The van der Waals surface area contributed by atoms with Crippen molar-refractivity contribution in [3.8, 4) is 0 Å². The van der Waals surface area contributed by atoms with E-state index in [4.69, 9.17) is 5.73 Å². The van der Waals surface area contributed by atoms with Gasteiger partial charge in [0.1, 0.15) is 0 Å². The van der Waals surface area contributed by atoms with Gasteiger partial charge in [0, 0.05) is 25.7 Å². The van der Waals surface area contributed by atoms with Gasteiger partial charge in [0.15, 0.2) is 0 Å². The molecule has 1 amide bonds. The lowest BCUT2D eigenvalue weighted by Crippen LogP contribution is -2.51. The van der Waals surface area contributed by atoms with Gasteiger partial charge >= 0.3 is 0 Å². The third-order valence-electron chi connectivity index (χ3n) is 4.23. The molecule has 21 heavy (non-hydrogen) atoms. The quantitative estimate of drug-likeness (QED) is 0.783. The van der Waals surface area contributed by atoms with Gasteiger partial charge in [-0.05, 0) is 37.1 Å². The average Bonchev–Trinajstić information content (AvgIpc) is 2.38. The van der Waals surface area contributed by atoms with Gasteiger partial charge in [0.2, 0.25) is 5.91 Å². The van der Waals surface area contributed by atoms with Crippen LogP contribution in [0.15, 0.2) is 0 Å². The first kappa shape index (κ1) is 18.4. The van der Waals surface area contributed by atoms with E-state index in [0.717, 1.165) is 32.0 Å². The Bertz CT molecular complexity index is 307. The molecular weight excluding hydrogens is 262 g/mol. The molecule has 0 aromatic heterocycles. The molecule has 4 heteroatoms. The molecule has 1 saturated heterocycles. The molecule has 2 atom stereocenters. The average molecular weight is 297 g/mol. The van der Waals surface area contributed by atoms with Gasteiger partial charge in [-0.15, -0.1) is 0 Å². The number of amides is 1. The summed E-state index contributed by atoms with van der Waals surface area (Å²) >= 11 is 0. The zero-order valence-corrected chi connectivity index (χ0v) is 14.6. The van der Waals surface area contributed by atoms with Crippen molar-refractivity contribution in [3.05, 3.63) is 0 Å². The van der Waals surface area contributed by atoms with Crippen molar-refractivity contribution >= 4 is 5.91 Å². The molecule has 124 valence electrons. The Kier molecular flexibility index (Phi) is 7.67. The van der Waals surface area contributed by atoms with E-state index in [0.29, 0.717) is 31.0 Å². The maximum Gasteiger partial charge on any atom is 0.236 e. The molecule has 2 N–H and O–H groups in total. The van der Waals surface area contributed by atoms with Crippen LogP contribution in [0.5, 0.6) is 0 Å². The third-order valence-corrected chi connectivity index (χ3v) is 4.23. The second-order valence-electron chi connectivity index (χ2n) is 7.58. The molecule has 0 aromatic rings. The van der Waals surface area contributed by atoms with Crippen molar-refractivity contribution < 1.29 is 4.79 Å².